The summed E-state index contributed by atoms with van der Waals surface area (Å²) in [6.45, 7) is 6.75. The first kappa shape index (κ1) is 15.1. The number of aliphatic hydroxyl groups excluding tert-OH is 1. The Kier molecular flexibility index (Phi) is 5.26. The summed E-state index contributed by atoms with van der Waals surface area (Å²) in [6, 6.07) is 5.68. The summed E-state index contributed by atoms with van der Waals surface area (Å²) in [4.78, 5) is 2.29. The molecule has 1 aliphatic heterocycles. The predicted molar refractivity (Wildman–Crippen MR) is 79.4 cm³/mol. The van der Waals surface area contributed by atoms with Crippen molar-refractivity contribution in [3.05, 3.63) is 23.8 Å². The molecule has 0 spiro atoms. The minimum Gasteiger partial charge on any atom is -0.493 e. The number of nitrogens with zero attached hydrogens (tertiary/aromatic N) is 1. The molecule has 1 unspecified atom stereocenters. The first-order valence-corrected chi connectivity index (χ1v) is 7.35. The molecule has 20 heavy (non-hydrogen) atoms. The number of methoxy groups -OCH3 is 1. The number of hydrogen-bond acceptors (Lipinski definition) is 4. The first-order valence-electron chi connectivity index (χ1n) is 7.35. The van der Waals surface area contributed by atoms with Crippen molar-refractivity contribution in [3.63, 3.8) is 0 Å². The number of aliphatic hydroxyl groups is 1. The van der Waals surface area contributed by atoms with Gasteiger partial charge in [-0.3, -0.25) is 0 Å². The van der Waals surface area contributed by atoms with Gasteiger partial charge in [0.25, 0.3) is 0 Å². The Morgan fingerprint density at radius 1 is 1.25 bits per heavy atom. The summed E-state index contributed by atoms with van der Waals surface area (Å²) in [5.74, 6) is 1.34. The maximum atomic E-state index is 10.5. The van der Waals surface area contributed by atoms with Gasteiger partial charge in [-0.2, -0.15) is 0 Å². The summed E-state index contributed by atoms with van der Waals surface area (Å²) < 4.78 is 11.2. The zero-order valence-electron chi connectivity index (χ0n) is 12.6. The number of β-amino-alcohol motifs (C(OH)–C–C–N with tert-alkyl or cyclic N) is 1. The van der Waals surface area contributed by atoms with Crippen LogP contribution in [0.1, 0.15) is 38.4 Å². The highest BCUT2D eigenvalue weighted by Crippen LogP contribution is 2.36. The molecule has 4 nitrogen and oxygen atoms in total. The van der Waals surface area contributed by atoms with E-state index in [0.717, 1.165) is 18.7 Å². The summed E-state index contributed by atoms with van der Waals surface area (Å²) >= 11 is 0. The van der Waals surface area contributed by atoms with Crippen LogP contribution in [-0.4, -0.2) is 42.9 Å². The van der Waals surface area contributed by atoms with Gasteiger partial charge in [-0.05, 0) is 45.8 Å². The molecule has 0 radical (unpaired) electrons. The van der Waals surface area contributed by atoms with Crippen molar-refractivity contribution in [2.24, 2.45) is 0 Å². The van der Waals surface area contributed by atoms with Gasteiger partial charge in [-0.15, -0.1) is 0 Å². The van der Waals surface area contributed by atoms with Crippen LogP contribution in [0.2, 0.25) is 0 Å². The number of ether oxygens (including phenoxy) is 2. The third kappa shape index (κ3) is 3.64. The Hall–Kier alpha value is -1.26. The van der Waals surface area contributed by atoms with E-state index in [0.29, 0.717) is 18.0 Å². The van der Waals surface area contributed by atoms with Crippen LogP contribution < -0.4 is 9.47 Å². The summed E-state index contributed by atoms with van der Waals surface area (Å²) in [7, 11) is 1.62. The van der Waals surface area contributed by atoms with Gasteiger partial charge < -0.3 is 19.5 Å². The third-order valence-electron chi connectivity index (χ3n) is 3.57. The smallest absolute Gasteiger partial charge is 0.167 e. The Labute approximate surface area is 121 Å². The van der Waals surface area contributed by atoms with Crippen molar-refractivity contribution < 1.29 is 14.6 Å². The quantitative estimate of drug-likeness (QED) is 0.869. The molecule has 4 heteroatoms. The van der Waals surface area contributed by atoms with Crippen LogP contribution in [0.5, 0.6) is 11.5 Å². The lowest BCUT2D eigenvalue weighted by Gasteiger charge is -2.23. The minimum atomic E-state index is -0.544. The maximum Gasteiger partial charge on any atom is 0.167 e. The van der Waals surface area contributed by atoms with Gasteiger partial charge >= 0.3 is 0 Å². The van der Waals surface area contributed by atoms with E-state index in [4.69, 9.17) is 9.47 Å². The Morgan fingerprint density at radius 2 is 1.95 bits per heavy atom. The zero-order chi connectivity index (χ0) is 14.5. The van der Waals surface area contributed by atoms with Crippen molar-refractivity contribution >= 4 is 0 Å². The number of benzene rings is 1. The molecule has 1 saturated heterocycles. The summed E-state index contributed by atoms with van der Waals surface area (Å²) in [5, 5.41) is 10.5. The zero-order valence-corrected chi connectivity index (χ0v) is 12.6. The SMILES string of the molecule is COc1cccc(C(O)CN2CCCC2)c1OC(C)C. The summed E-state index contributed by atoms with van der Waals surface area (Å²) in [5.41, 5.74) is 0.810. The van der Waals surface area contributed by atoms with Gasteiger partial charge in [-0.25, -0.2) is 0 Å². The van der Waals surface area contributed by atoms with Crippen LogP contribution in [0, 0.1) is 0 Å². The molecular weight excluding hydrogens is 254 g/mol. The van der Waals surface area contributed by atoms with E-state index in [2.05, 4.69) is 4.90 Å². The molecule has 112 valence electrons. The van der Waals surface area contributed by atoms with E-state index in [-0.39, 0.29) is 6.10 Å². The first-order chi connectivity index (χ1) is 9.61. The van der Waals surface area contributed by atoms with Crippen LogP contribution in [-0.2, 0) is 0 Å². The van der Waals surface area contributed by atoms with Gasteiger partial charge in [0.1, 0.15) is 0 Å². The van der Waals surface area contributed by atoms with E-state index >= 15 is 0 Å². The lowest BCUT2D eigenvalue weighted by Crippen LogP contribution is -2.26. The van der Waals surface area contributed by atoms with Gasteiger partial charge in [-0.1, -0.05) is 12.1 Å². The Morgan fingerprint density at radius 3 is 2.55 bits per heavy atom. The van der Waals surface area contributed by atoms with Crippen molar-refractivity contribution in [2.45, 2.75) is 38.9 Å². The maximum absolute atomic E-state index is 10.5. The van der Waals surface area contributed by atoms with E-state index in [1.54, 1.807) is 7.11 Å². The van der Waals surface area contributed by atoms with Crippen molar-refractivity contribution in [1.29, 1.82) is 0 Å². The van der Waals surface area contributed by atoms with E-state index in [1.165, 1.54) is 12.8 Å². The monoisotopic (exact) mass is 279 g/mol. The summed E-state index contributed by atoms with van der Waals surface area (Å²) in [6.07, 6.45) is 1.95. The van der Waals surface area contributed by atoms with E-state index < -0.39 is 6.10 Å². The lowest BCUT2D eigenvalue weighted by molar-refractivity contribution is 0.119. The average Bonchev–Trinajstić information content (AvgIpc) is 2.91. The molecule has 2 rings (SSSR count). The van der Waals surface area contributed by atoms with Gasteiger partial charge in [0.05, 0.1) is 19.3 Å². The molecule has 0 bridgehead atoms. The van der Waals surface area contributed by atoms with Gasteiger partial charge in [0, 0.05) is 12.1 Å². The van der Waals surface area contributed by atoms with Crippen LogP contribution in [0.3, 0.4) is 0 Å². The van der Waals surface area contributed by atoms with Crippen molar-refractivity contribution in [3.8, 4) is 11.5 Å². The molecule has 0 amide bonds. The number of para-hydroxylation sites is 1. The largest absolute Gasteiger partial charge is 0.493 e. The molecular formula is C16H25NO3. The lowest BCUT2D eigenvalue weighted by atomic mass is 10.1. The normalized spacial score (nSPS) is 17.4. The second-order valence-electron chi connectivity index (χ2n) is 5.57. The van der Waals surface area contributed by atoms with Crippen LogP contribution >= 0.6 is 0 Å². The van der Waals surface area contributed by atoms with Crippen LogP contribution in [0.25, 0.3) is 0 Å². The fourth-order valence-electron chi connectivity index (χ4n) is 2.63. The standard InChI is InChI=1S/C16H25NO3/c1-12(2)20-16-13(7-6-8-15(16)19-3)14(18)11-17-9-4-5-10-17/h6-8,12,14,18H,4-5,9-11H2,1-3H3. The van der Waals surface area contributed by atoms with Crippen LogP contribution in [0.4, 0.5) is 0 Å². The molecule has 1 fully saturated rings. The molecule has 1 heterocycles. The average molecular weight is 279 g/mol. The molecule has 0 aromatic heterocycles. The van der Waals surface area contributed by atoms with Crippen molar-refractivity contribution in [2.75, 3.05) is 26.7 Å². The van der Waals surface area contributed by atoms with Crippen molar-refractivity contribution in [1.82, 2.24) is 4.90 Å². The fourth-order valence-corrected chi connectivity index (χ4v) is 2.63. The molecule has 1 aliphatic rings. The molecule has 1 aromatic rings. The Balaban J connectivity index is 2.19. The highest BCUT2D eigenvalue weighted by atomic mass is 16.5. The van der Waals surface area contributed by atoms with E-state index in [1.807, 2.05) is 32.0 Å². The second-order valence-corrected chi connectivity index (χ2v) is 5.57. The van der Waals surface area contributed by atoms with Crippen LogP contribution in [0.15, 0.2) is 18.2 Å². The third-order valence-corrected chi connectivity index (χ3v) is 3.57. The number of hydrogen-bond donors (Lipinski definition) is 1. The van der Waals surface area contributed by atoms with Gasteiger partial charge in [0.2, 0.25) is 0 Å². The highest BCUT2D eigenvalue weighted by Gasteiger charge is 2.22. The fraction of sp³-hybridized carbons (Fsp3) is 0.625. The van der Waals surface area contributed by atoms with Gasteiger partial charge in [0.15, 0.2) is 11.5 Å². The number of likely N-dealkylation sites (tertiary alicyclic amines) is 1. The Bertz CT molecular complexity index is 428. The molecule has 0 aliphatic carbocycles. The molecule has 1 aromatic carbocycles. The molecule has 1 atom stereocenters. The topological polar surface area (TPSA) is 41.9 Å². The van der Waals surface area contributed by atoms with E-state index in [9.17, 15) is 5.11 Å². The second kappa shape index (κ2) is 6.95. The number of rotatable bonds is 6. The minimum absolute atomic E-state index is 0.0454. The molecule has 0 saturated carbocycles. The molecule has 1 N–H and O–H groups in total. The predicted octanol–water partition coefficient (Wildman–Crippen LogP) is 2.61. The highest BCUT2D eigenvalue weighted by molar-refractivity contribution is 5.48.